The highest BCUT2D eigenvalue weighted by Gasteiger charge is 2.27. The average Bonchev–Trinajstić information content (AvgIpc) is 2.54. The van der Waals surface area contributed by atoms with Crippen molar-refractivity contribution in [3.63, 3.8) is 0 Å². The SMILES string of the molecule is O=c1n(CCC[Si](Cl)(Cl)Cl)c(=O)n(CCC[Si](Cl)(Cl)Cl)c(=O)n1CCC[Si](Cl)(Cl)Cl. The quantitative estimate of drug-likeness (QED) is 0.227. The summed E-state index contributed by atoms with van der Waals surface area (Å²) in [4.78, 5) is 38.4. The first-order chi connectivity index (χ1) is 13.5. The third kappa shape index (κ3) is 11.2. The number of rotatable bonds is 12. The molecule has 0 bridgehead atoms. The lowest BCUT2D eigenvalue weighted by Gasteiger charge is -2.16. The van der Waals surface area contributed by atoms with Gasteiger partial charge in [0, 0.05) is 19.6 Å². The Hall–Kier alpha value is 1.67. The minimum absolute atomic E-state index is 0.00271. The molecule has 0 saturated carbocycles. The first kappa shape index (κ1) is 29.7. The third-order valence-electron chi connectivity index (χ3n) is 3.91. The maximum atomic E-state index is 12.8. The van der Waals surface area contributed by atoms with Crippen LogP contribution in [0.4, 0.5) is 0 Å². The molecule has 30 heavy (non-hydrogen) atoms. The molecule has 6 nitrogen and oxygen atoms in total. The molecule has 0 aliphatic heterocycles. The summed E-state index contributed by atoms with van der Waals surface area (Å²) in [5, 5.41) is 0. The number of aromatic nitrogens is 3. The molecule has 174 valence electrons. The highest BCUT2D eigenvalue weighted by atomic mass is 35.9. The average molecular weight is 656 g/mol. The highest BCUT2D eigenvalue weighted by Crippen LogP contribution is 2.27. The molecule has 0 aliphatic rings. The second-order valence-electron chi connectivity index (χ2n) is 6.46. The van der Waals surface area contributed by atoms with E-state index in [2.05, 4.69) is 0 Å². The number of hydrogen-bond donors (Lipinski definition) is 0. The van der Waals surface area contributed by atoms with Crippen LogP contribution in [0.25, 0.3) is 0 Å². The van der Waals surface area contributed by atoms with E-state index in [0.29, 0.717) is 0 Å². The van der Waals surface area contributed by atoms with Crippen molar-refractivity contribution in [3.8, 4) is 0 Å². The first-order valence-corrected chi connectivity index (χ1v) is 24.4. The van der Waals surface area contributed by atoms with Gasteiger partial charge < -0.3 is 0 Å². The van der Waals surface area contributed by atoms with E-state index in [1.54, 1.807) is 0 Å². The summed E-state index contributed by atoms with van der Waals surface area (Å²) in [5.41, 5.74) is -2.27. The molecule has 0 N–H and O–H groups in total. The molecular formula is C12H18Cl9N3O3Si3. The minimum atomic E-state index is -2.92. The molecule has 1 heterocycles. The fourth-order valence-electron chi connectivity index (χ4n) is 2.57. The van der Waals surface area contributed by atoms with Crippen LogP contribution >= 0.6 is 99.7 Å². The van der Waals surface area contributed by atoms with Crippen LogP contribution in [0.5, 0.6) is 0 Å². The van der Waals surface area contributed by atoms with Gasteiger partial charge in [-0.05, 0) is 37.4 Å². The molecule has 0 aromatic carbocycles. The molecule has 1 aromatic rings. The molecule has 1 rings (SSSR count). The summed E-state index contributed by atoms with van der Waals surface area (Å²) in [7, 11) is 0. The fraction of sp³-hybridized carbons (Fsp3) is 0.750. The lowest BCUT2D eigenvalue weighted by atomic mass is 10.4. The van der Waals surface area contributed by atoms with Gasteiger partial charge in [-0.1, -0.05) is 0 Å². The van der Waals surface area contributed by atoms with Gasteiger partial charge >= 0.3 is 35.1 Å². The Morgan fingerprint density at radius 2 is 0.667 bits per heavy atom. The van der Waals surface area contributed by atoms with Crippen LogP contribution in [0, 0.1) is 0 Å². The third-order valence-corrected chi connectivity index (χ3v) is 11.8. The van der Waals surface area contributed by atoms with Gasteiger partial charge in [0.1, 0.15) is 0 Å². The Bertz CT molecular complexity index is 742. The van der Waals surface area contributed by atoms with Gasteiger partial charge in [-0.3, -0.25) is 0 Å². The maximum Gasteiger partial charge on any atom is 0.341 e. The lowest BCUT2D eigenvalue weighted by Crippen LogP contribution is -2.54. The van der Waals surface area contributed by atoms with Crippen molar-refractivity contribution in [1.82, 2.24) is 13.7 Å². The van der Waals surface area contributed by atoms with E-state index in [1.807, 2.05) is 0 Å². The summed E-state index contributed by atoms with van der Waals surface area (Å²) in [6, 6.07) is -8.02. The van der Waals surface area contributed by atoms with E-state index in [-0.39, 0.29) is 57.0 Å². The summed E-state index contributed by atoms with van der Waals surface area (Å²) in [5.74, 6) is 0. The van der Waals surface area contributed by atoms with E-state index in [9.17, 15) is 14.4 Å². The van der Waals surface area contributed by atoms with Gasteiger partial charge in [0.2, 0.25) is 0 Å². The molecule has 0 atom stereocenters. The van der Waals surface area contributed by atoms with E-state index >= 15 is 0 Å². The lowest BCUT2D eigenvalue weighted by molar-refractivity contribution is 0.437. The Morgan fingerprint density at radius 3 is 0.833 bits per heavy atom. The van der Waals surface area contributed by atoms with Gasteiger partial charge in [0.25, 0.3) is 0 Å². The molecule has 0 amide bonds. The smallest absolute Gasteiger partial charge is 0.247 e. The molecule has 0 fully saturated rings. The summed E-state index contributed by atoms with van der Waals surface area (Å²) in [6.07, 6.45) is 0.870. The van der Waals surface area contributed by atoms with Crippen molar-refractivity contribution in [2.75, 3.05) is 0 Å². The molecular weight excluding hydrogens is 637 g/mol. The van der Waals surface area contributed by atoms with Crippen molar-refractivity contribution in [1.29, 1.82) is 0 Å². The van der Waals surface area contributed by atoms with Crippen LogP contribution in [-0.2, 0) is 19.6 Å². The number of nitrogens with zero attached hydrogens (tertiary/aromatic N) is 3. The molecule has 0 spiro atoms. The first-order valence-electron chi connectivity index (χ1n) is 8.66. The van der Waals surface area contributed by atoms with Crippen LogP contribution in [0.3, 0.4) is 0 Å². The van der Waals surface area contributed by atoms with Crippen LogP contribution in [0.2, 0.25) is 18.1 Å². The molecule has 0 radical (unpaired) electrons. The second-order valence-corrected chi connectivity index (χ2v) is 34.3. The van der Waals surface area contributed by atoms with E-state index in [1.165, 1.54) is 0 Å². The van der Waals surface area contributed by atoms with Crippen molar-refractivity contribution < 1.29 is 0 Å². The Kier molecular flexibility index (Phi) is 12.3. The summed E-state index contributed by atoms with van der Waals surface area (Å²) in [6.45, 7) is -0.00813. The van der Waals surface area contributed by atoms with E-state index in [4.69, 9.17) is 99.7 Å². The zero-order chi connectivity index (χ0) is 23.3. The van der Waals surface area contributed by atoms with E-state index in [0.717, 1.165) is 13.7 Å². The zero-order valence-electron chi connectivity index (χ0n) is 15.3. The van der Waals surface area contributed by atoms with Crippen LogP contribution in [-0.4, -0.2) is 31.7 Å². The van der Waals surface area contributed by atoms with Crippen molar-refractivity contribution in [2.24, 2.45) is 0 Å². The molecule has 0 unspecified atom stereocenters. The zero-order valence-corrected chi connectivity index (χ0v) is 25.1. The van der Waals surface area contributed by atoms with Crippen LogP contribution in [0.15, 0.2) is 14.4 Å². The second kappa shape index (κ2) is 12.4. The predicted molar refractivity (Wildman–Crippen MR) is 137 cm³/mol. The minimum Gasteiger partial charge on any atom is -0.247 e. The van der Waals surface area contributed by atoms with E-state index < -0.39 is 35.1 Å². The van der Waals surface area contributed by atoms with Crippen LogP contribution < -0.4 is 17.1 Å². The van der Waals surface area contributed by atoms with Crippen molar-refractivity contribution in [2.45, 2.75) is 57.0 Å². The summed E-state index contributed by atoms with van der Waals surface area (Å²) < 4.78 is 2.85. The molecule has 1 aromatic heterocycles. The van der Waals surface area contributed by atoms with Gasteiger partial charge in [-0.15, -0.1) is 99.7 Å². The molecule has 18 heteroatoms. The van der Waals surface area contributed by atoms with Gasteiger partial charge in [0.15, 0.2) is 0 Å². The van der Waals surface area contributed by atoms with Crippen LogP contribution in [0.1, 0.15) is 19.3 Å². The Morgan fingerprint density at radius 1 is 0.467 bits per heavy atom. The standard InChI is InChI=1S/C12H18Cl9N3O3Si3/c13-28(14,15)7-1-4-22-10(25)23(5-2-8-29(16,17)18)12(27)24(11(22)26)6-3-9-30(19,20)21/h1-9H2. The number of halogens is 9. The van der Waals surface area contributed by atoms with Gasteiger partial charge in [0.05, 0.1) is 0 Å². The van der Waals surface area contributed by atoms with Crippen molar-refractivity contribution >= 4 is 118 Å². The van der Waals surface area contributed by atoms with Gasteiger partial charge in [-0.2, -0.15) is 0 Å². The molecule has 0 saturated heterocycles. The Labute approximate surface area is 218 Å². The number of hydrogen-bond acceptors (Lipinski definition) is 3. The normalized spacial score (nSPS) is 13.1. The largest absolute Gasteiger partial charge is 0.341 e. The summed E-state index contributed by atoms with van der Waals surface area (Å²) >= 11 is 52.8. The fourth-order valence-corrected chi connectivity index (χ4v) is 7.85. The predicted octanol–water partition coefficient (Wildman–Crippen LogP) is 5.31. The van der Waals surface area contributed by atoms with Gasteiger partial charge in [-0.25, -0.2) is 28.1 Å². The highest BCUT2D eigenvalue weighted by molar-refractivity contribution is 7.65. The molecule has 0 aliphatic carbocycles. The monoisotopic (exact) mass is 651 g/mol. The topological polar surface area (TPSA) is 66.0 Å². The Balaban J connectivity index is 3.25. The maximum absolute atomic E-state index is 12.8. The van der Waals surface area contributed by atoms with Crippen molar-refractivity contribution in [3.05, 3.63) is 31.5 Å².